The minimum Gasteiger partial charge on any atom is -0.168 e. The average molecular weight is 109 g/mol. The van der Waals surface area contributed by atoms with Crippen LogP contribution in [0.4, 0.5) is 0 Å². The van der Waals surface area contributed by atoms with Gasteiger partial charge in [-0.2, -0.15) is 8.42 Å². The van der Waals surface area contributed by atoms with Crippen LogP contribution in [0.25, 0.3) is 0 Å². The molecule has 21 valence electrons. The molecule has 0 fully saturated rings. The summed E-state index contributed by atoms with van der Waals surface area (Å²) in [5.74, 6) is 0. The van der Waals surface area contributed by atoms with Crippen LogP contribution in [0.3, 0.4) is 0 Å². The fourth-order valence-electron chi connectivity index (χ4n) is 0. The van der Waals surface area contributed by atoms with Crippen LogP contribution < -0.4 is 0 Å². The van der Waals surface area contributed by atoms with E-state index in [9.17, 15) is 0 Å². The summed E-state index contributed by atoms with van der Waals surface area (Å²) in [5.41, 5.74) is 0. The Kier molecular flexibility index (Phi) is 20.6. The van der Waals surface area contributed by atoms with Crippen molar-refractivity contribution in [1.82, 2.24) is 0 Å². The van der Waals surface area contributed by atoms with E-state index in [-0.39, 0.29) is 25.8 Å². The van der Waals surface area contributed by atoms with Gasteiger partial charge in [0.1, 0.15) is 0 Å². The molecule has 0 aromatic rings. The van der Waals surface area contributed by atoms with Gasteiger partial charge < -0.3 is 0 Å². The number of hydrogen-bond acceptors (Lipinski definition) is 2. The molecule has 0 amide bonds. The molecule has 0 heterocycles. The molecular weight excluding hydrogens is 109 g/mol. The Morgan fingerprint density at radius 1 is 1.25 bits per heavy atom. The van der Waals surface area contributed by atoms with Crippen molar-refractivity contribution in [2.75, 3.05) is 0 Å². The van der Waals surface area contributed by atoms with Crippen LogP contribution in [0.2, 0.25) is 0 Å². The van der Waals surface area contributed by atoms with Crippen LogP contribution in [0, 0.1) is 0 Å². The van der Waals surface area contributed by atoms with Crippen LogP contribution in [0.5, 0.6) is 0 Å². The second kappa shape index (κ2) is 9.35. The van der Waals surface area contributed by atoms with Gasteiger partial charge in [0.05, 0.1) is 0 Å². The van der Waals surface area contributed by atoms with Crippen LogP contribution in [-0.2, 0) is 37.4 Å². The molecule has 0 saturated carbocycles. The Balaban J connectivity index is 0. The molecule has 0 aliphatic carbocycles. The number of rotatable bonds is 0. The first-order valence-corrected chi connectivity index (χ1v) is 1.00. The summed E-state index contributed by atoms with van der Waals surface area (Å²) in [7, 11) is 0. The maximum atomic E-state index is 8.29. The van der Waals surface area contributed by atoms with Gasteiger partial charge in [0.25, 0.3) is 0 Å². The predicted octanol–water partition coefficient (Wildman–Crippen LogP) is -0.673. The Hall–Kier alpha value is 0.690. The van der Waals surface area contributed by atoms with E-state index in [1.807, 2.05) is 0 Å². The van der Waals surface area contributed by atoms with Crippen molar-refractivity contribution in [2.24, 2.45) is 0 Å². The molecule has 0 aliphatic heterocycles. The Morgan fingerprint density at radius 3 is 1.25 bits per heavy atom. The first kappa shape index (κ1) is 8.83. The fraction of sp³-hybridized carbons (Fsp3) is 0. The zero-order valence-corrected chi connectivity index (χ0v) is 4.42. The largest absolute Gasteiger partial charge is 0.335 e. The first-order valence-electron chi connectivity index (χ1n) is 0.333. The second-order valence-corrected chi connectivity index (χ2v) is 0.204. The molecule has 0 atom stereocenters. The van der Waals surface area contributed by atoms with Gasteiger partial charge in [-0.1, -0.05) is 0 Å². The summed E-state index contributed by atoms with van der Waals surface area (Å²) in [5, 5.41) is 0. The third kappa shape index (κ3) is 16.1. The molecule has 0 unspecified atom stereocenters. The summed E-state index contributed by atoms with van der Waals surface area (Å²) in [4.78, 5) is 0. The van der Waals surface area contributed by atoms with E-state index in [0.717, 1.165) is 0 Å². The van der Waals surface area contributed by atoms with Crippen molar-refractivity contribution in [1.29, 1.82) is 0 Å². The van der Waals surface area contributed by atoms with Gasteiger partial charge in [0, 0.05) is 25.8 Å². The van der Waals surface area contributed by atoms with Crippen molar-refractivity contribution < 1.29 is 34.3 Å². The molecule has 0 bridgehead atoms. The SMILES string of the molecule is O=S=O.[Sc]. The maximum absolute atomic E-state index is 8.29. The van der Waals surface area contributed by atoms with Crippen LogP contribution in [0.1, 0.15) is 0 Å². The molecule has 0 rings (SSSR count). The van der Waals surface area contributed by atoms with E-state index in [1.54, 1.807) is 0 Å². The van der Waals surface area contributed by atoms with Crippen molar-refractivity contribution in [2.45, 2.75) is 0 Å². The van der Waals surface area contributed by atoms with Gasteiger partial charge in [-0.05, 0) is 0 Å². The van der Waals surface area contributed by atoms with Crippen molar-refractivity contribution in [3.63, 3.8) is 0 Å². The smallest absolute Gasteiger partial charge is 0.168 e. The van der Waals surface area contributed by atoms with Crippen molar-refractivity contribution in [3.05, 3.63) is 0 Å². The zero-order valence-electron chi connectivity index (χ0n) is 1.80. The molecule has 2 nitrogen and oxygen atoms in total. The summed E-state index contributed by atoms with van der Waals surface area (Å²) < 4.78 is 16.6. The summed E-state index contributed by atoms with van der Waals surface area (Å²) in [6, 6.07) is 0. The molecule has 4 heteroatoms. The van der Waals surface area contributed by atoms with E-state index in [1.165, 1.54) is 0 Å². The molecule has 0 aromatic heterocycles. The molecule has 0 spiro atoms. The topological polar surface area (TPSA) is 34.1 Å². The molecule has 0 N–H and O–H groups in total. The number of hydrogen-bond donors (Lipinski definition) is 0. The van der Waals surface area contributed by atoms with Crippen molar-refractivity contribution >= 4 is 11.6 Å². The van der Waals surface area contributed by atoms with Gasteiger partial charge >= 0.3 is 11.6 Å². The van der Waals surface area contributed by atoms with Gasteiger partial charge in [-0.3, -0.25) is 0 Å². The van der Waals surface area contributed by atoms with Gasteiger partial charge in [0.2, 0.25) is 0 Å². The van der Waals surface area contributed by atoms with E-state index in [4.69, 9.17) is 8.42 Å². The van der Waals surface area contributed by atoms with E-state index >= 15 is 0 Å². The predicted molar refractivity (Wildman–Crippen MR) is 8.92 cm³/mol. The third-order valence-corrected chi connectivity index (χ3v) is 0. The molecule has 1 radical (unpaired) electrons. The van der Waals surface area contributed by atoms with Crippen molar-refractivity contribution in [3.8, 4) is 0 Å². The van der Waals surface area contributed by atoms with Crippen LogP contribution >= 0.6 is 0 Å². The first-order chi connectivity index (χ1) is 1.41. The Bertz CT molecular complexity index is 27.0. The second-order valence-electron chi connectivity index (χ2n) is 0.0680. The van der Waals surface area contributed by atoms with Gasteiger partial charge in [-0.25, -0.2) is 0 Å². The summed E-state index contributed by atoms with van der Waals surface area (Å²) >= 11 is -0.750. The standard InChI is InChI=1S/O2S.Sc/c1-3-2;. The van der Waals surface area contributed by atoms with E-state index < -0.39 is 11.6 Å². The zero-order chi connectivity index (χ0) is 2.71. The van der Waals surface area contributed by atoms with Gasteiger partial charge in [-0.15, -0.1) is 0 Å². The maximum Gasteiger partial charge on any atom is 0.335 e. The quantitative estimate of drug-likeness (QED) is 0.413. The normalized spacial score (nSPS) is 3.00. The molecule has 0 saturated heterocycles. The van der Waals surface area contributed by atoms with Crippen LogP contribution in [0.15, 0.2) is 0 Å². The molecule has 4 heavy (non-hydrogen) atoms. The molecule has 0 aromatic carbocycles. The minimum absolute atomic E-state index is 0. The minimum atomic E-state index is -0.750. The van der Waals surface area contributed by atoms with E-state index in [0.29, 0.717) is 0 Å². The summed E-state index contributed by atoms with van der Waals surface area (Å²) in [6.07, 6.45) is 0. The molecule has 0 aliphatic rings. The van der Waals surface area contributed by atoms with Gasteiger partial charge in [0.15, 0.2) is 0 Å². The third-order valence-electron chi connectivity index (χ3n) is 0. The Morgan fingerprint density at radius 2 is 1.25 bits per heavy atom. The Labute approximate surface area is 46.0 Å². The monoisotopic (exact) mass is 109 g/mol. The van der Waals surface area contributed by atoms with E-state index in [2.05, 4.69) is 0 Å². The average Bonchev–Trinajstić information content (AvgIpc) is 0.918. The summed E-state index contributed by atoms with van der Waals surface area (Å²) in [6.45, 7) is 0. The van der Waals surface area contributed by atoms with Crippen LogP contribution in [-0.4, -0.2) is 8.42 Å². The molecular formula is O2SSc. The fourth-order valence-corrected chi connectivity index (χ4v) is 0.